The molecule has 1 aromatic carbocycles. The quantitative estimate of drug-likeness (QED) is 0.208. The van der Waals surface area contributed by atoms with E-state index in [9.17, 15) is 43.2 Å². The third-order valence-corrected chi connectivity index (χ3v) is 7.86. The van der Waals surface area contributed by atoms with E-state index in [2.05, 4.69) is 4.72 Å². The number of allylic oxidation sites excluding steroid dienone is 1. The number of primary amides is 1. The summed E-state index contributed by atoms with van der Waals surface area (Å²) in [6.45, 7) is 0. The number of Topliss-reactive ketones (excluding diaryl/α,β-unsaturated/α-hetero) is 2. The molecule has 35 heavy (non-hydrogen) atoms. The summed E-state index contributed by atoms with van der Waals surface area (Å²) in [4.78, 5) is 40.3. The summed E-state index contributed by atoms with van der Waals surface area (Å²) >= 11 is 0. The summed E-state index contributed by atoms with van der Waals surface area (Å²) in [5.41, 5.74) is 2.36. The fraction of sp³-hybridized carbons (Fsp3) is 0.500. The second-order valence-corrected chi connectivity index (χ2v) is 11.4. The van der Waals surface area contributed by atoms with Crippen LogP contribution in [0.2, 0.25) is 0 Å². The molecule has 0 radical (unpaired) electrons. The number of aliphatic hydroxyl groups is 3. The first kappa shape index (κ1) is 25.1. The van der Waals surface area contributed by atoms with Gasteiger partial charge in [0, 0.05) is 17.5 Å². The number of nitrogens with two attached hydrogens (primary N) is 1. The topological polar surface area (TPSA) is 208 Å². The summed E-state index contributed by atoms with van der Waals surface area (Å²) in [5.74, 6) is -8.43. The number of phenolic OH excluding ortho intramolecular Hbond substituents is 1. The Morgan fingerprint density at radius 3 is 2.40 bits per heavy atom. The Morgan fingerprint density at radius 2 is 1.86 bits per heavy atom. The molecule has 13 heteroatoms. The first-order valence-corrected chi connectivity index (χ1v) is 12.7. The van der Waals surface area contributed by atoms with Crippen LogP contribution in [0.3, 0.4) is 0 Å². The minimum atomic E-state index is -3.73. The van der Waals surface area contributed by atoms with Gasteiger partial charge in [-0.1, -0.05) is 0 Å². The lowest BCUT2D eigenvalue weighted by Gasteiger charge is -2.53. The van der Waals surface area contributed by atoms with Gasteiger partial charge in [-0.05, 0) is 50.6 Å². The van der Waals surface area contributed by atoms with Crippen molar-refractivity contribution in [3.8, 4) is 5.75 Å². The Balaban J connectivity index is 1.94. The monoisotopic (exact) mass is 509 g/mol. The van der Waals surface area contributed by atoms with Crippen molar-refractivity contribution in [2.24, 2.45) is 23.5 Å². The summed E-state index contributed by atoms with van der Waals surface area (Å²) in [7, 11) is -0.608. The molecule has 12 nitrogen and oxygen atoms in total. The Morgan fingerprint density at radius 1 is 1.23 bits per heavy atom. The van der Waals surface area contributed by atoms with E-state index in [1.165, 1.54) is 11.0 Å². The zero-order valence-corrected chi connectivity index (χ0v) is 20.0. The standard InChI is InChI=1S/C22H27N3O9S/c1-25(2)16-10-7-8-6-9-11(24-35(3,33)34)4-5-12(26)14(9)17(27)13(8)19(29)22(10,32)20(30)15(18(16)28)21(23)31/h4-5,8,10,15-16,18,24,26,28-29,32H,6-7H2,1-3H3,(H2,23,31)/t8-,10-,15?,16?,18?,22-/m0/s1. The molecule has 0 heterocycles. The largest absolute Gasteiger partial charge is 0.508 e. The number of sulfonamides is 1. The minimum absolute atomic E-state index is 0.0109. The van der Waals surface area contributed by atoms with Gasteiger partial charge >= 0.3 is 0 Å². The number of nitrogens with zero attached hydrogens (tertiary/aromatic N) is 1. The summed E-state index contributed by atoms with van der Waals surface area (Å²) in [6.07, 6.45) is -0.719. The molecule has 3 unspecified atom stereocenters. The molecular weight excluding hydrogens is 482 g/mol. The number of nitrogens with one attached hydrogen (secondary N) is 1. The number of carbonyl (C=O) groups excluding carboxylic acids is 3. The van der Waals surface area contributed by atoms with Crippen LogP contribution in [-0.4, -0.2) is 89.3 Å². The molecule has 4 rings (SSSR count). The van der Waals surface area contributed by atoms with E-state index < -0.39 is 74.5 Å². The lowest BCUT2D eigenvalue weighted by molar-refractivity contribution is -0.178. The van der Waals surface area contributed by atoms with Crippen LogP contribution in [0.1, 0.15) is 22.3 Å². The van der Waals surface area contributed by atoms with E-state index in [0.29, 0.717) is 0 Å². The fourth-order valence-electron chi connectivity index (χ4n) is 5.90. The molecule has 7 N–H and O–H groups in total. The summed E-state index contributed by atoms with van der Waals surface area (Å²) in [5, 5.41) is 44.0. The molecule has 0 aromatic heterocycles. The van der Waals surface area contributed by atoms with E-state index in [4.69, 9.17) is 5.73 Å². The number of anilines is 1. The lowest BCUT2D eigenvalue weighted by atomic mass is 9.56. The van der Waals surface area contributed by atoms with Crippen molar-refractivity contribution >= 4 is 33.2 Å². The zero-order valence-electron chi connectivity index (χ0n) is 19.2. The van der Waals surface area contributed by atoms with E-state index in [-0.39, 0.29) is 35.2 Å². The van der Waals surface area contributed by atoms with Crippen LogP contribution in [0, 0.1) is 17.8 Å². The molecule has 190 valence electrons. The molecule has 1 amide bonds. The first-order chi connectivity index (χ1) is 16.1. The van der Waals surface area contributed by atoms with Crippen molar-refractivity contribution in [1.29, 1.82) is 0 Å². The van der Waals surface area contributed by atoms with Crippen LogP contribution in [0.15, 0.2) is 23.5 Å². The van der Waals surface area contributed by atoms with Gasteiger partial charge in [0.2, 0.25) is 15.9 Å². The molecule has 1 aromatic rings. The maximum Gasteiger partial charge on any atom is 0.230 e. The second-order valence-electron chi connectivity index (χ2n) is 9.65. The zero-order chi connectivity index (χ0) is 26.2. The van der Waals surface area contributed by atoms with Crippen LogP contribution in [0.4, 0.5) is 5.69 Å². The van der Waals surface area contributed by atoms with Crippen LogP contribution in [0.25, 0.3) is 0 Å². The maximum atomic E-state index is 13.5. The van der Waals surface area contributed by atoms with Crippen molar-refractivity contribution < 1.29 is 43.2 Å². The number of benzene rings is 1. The van der Waals surface area contributed by atoms with Crippen molar-refractivity contribution in [1.82, 2.24) is 4.90 Å². The SMILES string of the molecule is CN(C)C1C(O)C(C(N)=O)C(=O)[C@@]2(O)C(O)=C3C(=O)c4c(O)ccc(NS(C)(=O)=O)c4C[C@H]3C[C@@H]12. The average molecular weight is 510 g/mol. The van der Waals surface area contributed by atoms with Gasteiger partial charge in [0.1, 0.15) is 17.4 Å². The number of amides is 1. The molecule has 0 aliphatic heterocycles. The smallest absolute Gasteiger partial charge is 0.230 e. The van der Waals surface area contributed by atoms with Crippen LogP contribution in [-0.2, 0) is 26.0 Å². The van der Waals surface area contributed by atoms with Gasteiger partial charge in [-0.25, -0.2) is 8.42 Å². The van der Waals surface area contributed by atoms with Gasteiger partial charge in [0.25, 0.3) is 0 Å². The Hall–Kier alpha value is -3.00. The molecule has 1 fully saturated rings. The molecule has 1 saturated carbocycles. The van der Waals surface area contributed by atoms with Gasteiger partial charge in [-0.15, -0.1) is 0 Å². The molecule has 6 atom stereocenters. The molecule has 0 saturated heterocycles. The highest BCUT2D eigenvalue weighted by Gasteiger charge is 2.66. The van der Waals surface area contributed by atoms with Crippen molar-refractivity contribution in [3.63, 3.8) is 0 Å². The highest BCUT2D eigenvalue weighted by atomic mass is 32.2. The van der Waals surface area contributed by atoms with E-state index in [1.807, 2.05) is 0 Å². The Bertz CT molecular complexity index is 1290. The predicted molar refractivity (Wildman–Crippen MR) is 122 cm³/mol. The highest BCUT2D eigenvalue weighted by molar-refractivity contribution is 7.92. The Kier molecular flexibility index (Phi) is 5.75. The Labute approximate surface area is 201 Å². The molecule has 0 spiro atoms. The van der Waals surface area contributed by atoms with E-state index >= 15 is 0 Å². The number of carbonyl (C=O) groups is 3. The molecule has 3 aliphatic rings. The number of likely N-dealkylation sites (N-methyl/N-ethyl adjacent to an activating group) is 1. The summed E-state index contributed by atoms with van der Waals surface area (Å²) < 4.78 is 26.0. The van der Waals surface area contributed by atoms with E-state index in [1.54, 1.807) is 14.1 Å². The van der Waals surface area contributed by atoms with Crippen molar-refractivity contribution in [2.75, 3.05) is 25.1 Å². The van der Waals surface area contributed by atoms with Gasteiger partial charge < -0.3 is 31.1 Å². The maximum absolute atomic E-state index is 13.5. The molecular formula is C22H27N3O9S. The van der Waals surface area contributed by atoms with Crippen LogP contribution in [0.5, 0.6) is 5.75 Å². The van der Waals surface area contributed by atoms with Crippen molar-refractivity contribution in [2.45, 2.75) is 30.6 Å². The number of fused-ring (bicyclic) bond motifs is 3. The third-order valence-electron chi connectivity index (χ3n) is 7.27. The van der Waals surface area contributed by atoms with E-state index in [0.717, 1.165) is 12.3 Å². The molecule has 3 aliphatic carbocycles. The van der Waals surface area contributed by atoms with Gasteiger partial charge in [0.15, 0.2) is 17.2 Å². The number of hydrogen-bond donors (Lipinski definition) is 6. The number of ketones is 2. The van der Waals surface area contributed by atoms with Crippen molar-refractivity contribution in [3.05, 3.63) is 34.6 Å². The van der Waals surface area contributed by atoms with Gasteiger partial charge in [-0.3, -0.25) is 19.1 Å². The predicted octanol–water partition coefficient (Wildman–Crippen LogP) is -1.34. The highest BCUT2D eigenvalue weighted by Crippen LogP contribution is 2.53. The normalized spacial score (nSPS) is 32.7. The molecule has 0 bridgehead atoms. The number of aliphatic hydroxyl groups excluding tert-OH is 2. The number of hydrogen-bond acceptors (Lipinski definition) is 10. The van der Waals surface area contributed by atoms with Gasteiger partial charge in [-0.2, -0.15) is 0 Å². The average Bonchev–Trinajstić information content (AvgIpc) is 2.71. The lowest BCUT2D eigenvalue weighted by Crippen LogP contribution is -2.71. The second kappa shape index (κ2) is 8.01. The van der Waals surface area contributed by atoms with Crippen LogP contribution >= 0.6 is 0 Å². The van der Waals surface area contributed by atoms with Gasteiger partial charge in [0.05, 0.1) is 23.6 Å². The number of aromatic hydroxyl groups is 1. The number of phenols is 1. The fourth-order valence-corrected chi connectivity index (χ4v) is 6.49. The first-order valence-electron chi connectivity index (χ1n) is 10.8. The number of rotatable bonds is 4. The summed E-state index contributed by atoms with van der Waals surface area (Å²) in [6, 6.07) is 1.44. The minimum Gasteiger partial charge on any atom is -0.508 e. The van der Waals surface area contributed by atoms with Crippen LogP contribution < -0.4 is 10.5 Å². The third kappa shape index (κ3) is 3.61.